The first-order chi connectivity index (χ1) is 6.27. The monoisotopic (exact) mass is 250 g/mol. The highest BCUT2D eigenvalue weighted by Crippen LogP contribution is 2.03. The Labute approximate surface area is 91.4 Å². The van der Waals surface area contributed by atoms with E-state index in [0.717, 1.165) is 24.5 Å². The van der Waals surface area contributed by atoms with Gasteiger partial charge in [-0.05, 0) is 25.2 Å². The summed E-state index contributed by atoms with van der Waals surface area (Å²) in [6, 6.07) is 0. The molecule has 0 aliphatic heterocycles. The predicted octanol–water partition coefficient (Wildman–Crippen LogP) is 4.00. The number of hydrogen-bond donors (Lipinski definition) is 0. The van der Waals surface area contributed by atoms with Crippen LogP contribution in [0.25, 0.3) is 0 Å². The van der Waals surface area contributed by atoms with Crippen LogP contribution in [0.3, 0.4) is 0 Å². The fourth-order valence-electron chi connectivity index (χ4n) is 1.07. The highest BCUT2D eigenvalue weighted by atomic mass is 79.9. The van der Waals surface area contributed by atoms with E-state index < -0.39 is 0 Å². The number of unbranched alkanes of at least 4 members (excludes halogenated alkanes) is 3. The summed E-state index contributed by atoms with van der Waals surface area (Å²) in [6.07, 6.45) is 6.37. The molecule has 0 rings (SSSR count). The first kappa shape index (κ1) is 13.4. The Balaban J connectivity index is 2.84. The third-order valence-electron chi connectivity index (χ3n) is 2.01. The summed E-state index contributed by atoms with van der Waals surface area (Å²) in [5, 5.41) is 1.14. The molecule has 0 amide bonds. The Kier molecular flexibility index (Phi) is 10.9. The molecule has 0 radical (unpaired) electrons. The molecule has 0 N–H and O–H groups in total. The van der Waals surface area contributed by atoms with Crippen LogP contribution in [0.4, 0.5) is 0 Å². The maximum Gasteiger partial charge on any atom is 0.0468 e. The van der Waals surface area contributed by atoms with Crippen molar-refractivity contribution in [2.45, 2.75) is 46.0 Å². The van der Waals surface area contributed by atoms with Gasteiger partial charge < -0.3 is 4.74 Å². The van der Waals surface area contributed by atoms with Crippen LogP contribution in [0.1, 0.15) is 46.0 Å². The van der Waals surface area contributed by atoms with Gasteiger partial charge in [-0.25, -0.2) is 0 Å². The van der Waals surface area contributed by atoms with Crippen molar-refractivity contribution in [3.05, 3.63) is 0 Å². The average molecular weight is 251 g/mol. The van der Waals surface area contributed by atoms with E-state index in [1.165, 1.54) is 32.1 Å². The van der Waals surface area contributed by atoms with Crippen molar-refractivity contribution in [2.75, 3.05) is 18.5 Å². The Bertz CT molecular complexity index is 94.1. The van der Waals surface area contributed by atoms with Gasteiger partial charge in [0, 0.05) is 18.5 Å². The Morgan fingerprint density at radius 3 is 2.31 bits per heavy atom. The van der Waals surface area contributed by atoms with Crippen LogP contribution in [0.15, 0.2) is 0 Å². The molecule has 0 spiro atoms. The van der Waals surface area contributed by atoms with Crippen LogP contribution < -0.4 is 0 Å². The smallest absolute Gasteiger partial charge is 0.0468 e. The number of rotatable bonds is 9. The second kappa shape index (κ2) is 10.5. The SMILES string of the molecule is CC(C)CCOCCCCCCBr. The van der Waals surface area contributed by atoms with Crippen molar-refractivity contribution in [3.63, 3.8) is 0 Å². The standard InChI is InChI=1S/C11H23BrO/c1-11(2)7-10-13-9-6-4-3-5-8-12/h11H,3-10H2,1-2H3. The summed E-state index contributed by atoms with van der Waals surface area (Å²) >= 11 is 3.43. The van der Waals surface area contributed by atoms with E-state index in [0.29, 0.717) is 0 Å². The highest BCUT2D eigenvalue weighted by Gasteiger charge is 1.94. The predicted molar refractivity (Wildman–Crippen MR) is 62.5 cm³/mol. The molecule has 0 saturated carbocycles. The number of hydrogen-bond acceptors (Lipinski definition) is 1. The number of halogens is 1. The maximum absolute atomic E-state index is 5.51. The van der Waals surface area contributed by atoms with E-state index in [1.807, 2.05) is 0 Å². The van der Waals surface area contributed by atoms with E-state index in [2.05, 4.69) is 29.8 Å². The van der Waals surface area contributed by atoms with Crippen LogP contribution in [0.5, 0.6) is 0 Å². The van der Waals surface area contributed by atoms with Crippen LogP contribution in [-0.4, -0.2) is 18.5 Å². The lowest BCUT2D eigenvalue weighted by Gasteiger charge is -2.05. The van der Waals surface area contributed by atoms with E-state index in [-0.39, 0.29) is 0 Å². The third-order valence-corrected chi connectivity index (χ3v) is 2.57. The van der Waals surface area contributed by atoms with E-state index in [1.54, 1.807) is 0 Å². The summed E-state index contributed by atoms with van der Waals surface area (Å²) in [6.45, 7) is 6.36. The zero-order chi connectivity index (χ0) is 9.94. The summed E-state index contributed by atoms with van der Waals surface area (Å²) < 4.78 is 5.51. The zero-order valence-electron chi connectivity index (χ0n) is 9.02. The molecule has 0 heterocycles. The van der Waals surface area contributed by atoms with Gasteiger partial charge in [-0.3, -0.25) is 0 Å². The maximum atomic E-state index is 5.51. The topological polar surface area (TPSA) is 9.23 Å². The van der Waals surface area contributed by atoms with Crippen LogP contribution in [0, 0.1) is 5.92 Å². The fourth-order valence-corrected chi connectivity index (χ4v) is 1.47. The van der Waals surface area contributed by atoms with Gasteiger partial charge >= 0.3 is 0 Å². The molecule has 0 aliphatic rings. The minimum atomic E-state index is 0.772. The molecule has 0 saturated heterocycles. The molecule has 0 unspecified atom stereocenters. The molecule has 0 bridgehead atoms. The van der Waals surface area contributed by atoms with Gasteiger partial charge in [-0.1, -0.05) is 42.6 Å². The lowest BCUT2D eigenvalue weighted by molar-refractivity contribution is 0.120. The first-order valence-corrected chi connectivity index (χ1v) is 6.53. The van der Waals surface area contributed by atoms with E-state index >= 15 is 0 Å². The van der Waals surface area contributed by atoms with Crippen LogP contribution in [0.2, 0.25) is 0 Å². The molecule has 2 heteroatoms. The first-order valence-electron chi connectivity index (χ1n) is 5.41. The molecular formula is C11H23BrO. The zero-order valence-corrected chi connectivity index (χ0v) is 10.6. The normalized spacial score (nSPS) is 11.1. The number of alkyl halides is 1. The quantitative estimate of drug-likeness (QED) is 0.444. The second-order valence-corrected chi connectivity index (χ2v) is 4.69. The minimum absolute atomic E-state index is 0.772. The summed E-state index contributed by atoms with van der Waals surface area (Å²) in [4.78, 5) is 0. The Morgan fingerprint density at radius 1 is 1.00 bits per heavy atom. The molecular weight excluding hydrogens is 228 g/mol. The third kappa shape index (κ3) is 12.4. The minimum Gasteiger partial charge on any atom is -0.381 e. The van der Waals surface area contributed by atoms with Crippen LogP contribution >= 0.6 is 15.9 Å². The van der Waals surface area contributed by atoms with Gasteiger partial charge in [0.05, 0.1) is 0 Å². The molecule has 0 aromatic rings. The Hall–Kier alpha value is 0.440. The van der Waals surface area contributed by atoms with E-state index in [4.69, 9.17) is 4.74 Å². The molecule has 13 heavy (non-hydrogen) atoms. The van der Waals surface area contributed by atoms with Crippen LogP contribution in [-0.2, 0) is 4.74 Å². The molecule has 0 aliphatic carbocycles. The summed E-state index contributed by atoms with van der Waals surface area (Å²) in [7, 11) is 0. The average Bonchev–Trinajstić information content (AvgIpc) is 2.09. The van der Waals surface area contributed by atoms with E-state index in [9.17, 15) is 0 Å². The van der Waals surface area contributed by atoms with Crippen molar-refractivity contribution in [2.24, 2.45) is 5.92 Å². The second-order valence-electron chi connectivity index (χ2n) is 3.90. The fraction of sp³-hybridized carbons (Fsp3) is 1.00. The van der Waals surface area contributed by atoms with Crippen molar-refractivity contribution in [3.8, 4) is 0 Å². The van der Waals surface area contributed by atoms with Crippen molar-refractivity contribution in [1.29, 1.82) is 0 Å². The molecule has 1 nitrogen and oxygen atoms in total. The lowest BCUT2D eigenvalue weighted by atomic mass is 10.1. The molecule has 0 fully saturated rings. The summed E-state index contributed by atoms with van der Waals surface area (Å²) in [5.74, 6) is 0.772. The summed E-state index contributed by atoms with van der Waals surface area (Å²) in [5.41, 5.74) is 0. The van der Waals surface area contributed by atoms with Crippen molar-refractivity contribution < 1.29 is 4.74 Å². The van der Waals surface area contributed by atoms with Gasteiger partial charge in [0.25, 0.3) is 0 Å². The Morgan fingerprint density at radius 2 is 1.69 bits per heavy atom. The van der Waals surface area contributed by atoms with Gasteiger partial charge in [-0.2, -0.15) is 0 Å². The molecule has 0 atom stereocenters. The molecule has 0 aromatic carbocycles. The molecule has 0 aromatic heterocycles. The van der Waals surface area contributed by atoms with Gasteiger partial charge in [0.1, 0.15) is 0 Å². The van der Waals surface area contributed by atoms with Crippen molar-refractivity contribution in [1.82, 2.24) is 0 Å². The van der Waals surface area contributed by atoms with Gasteiger partial charge in [-0.15, -0.1) is 0 Å². The van der Waals surface area contributed by atoms with Crippen molar-refractivity contribution >= 4 is 15.9 Å². The number of ether oxygens (including phenoxy) is 1. The largest absolute Gasteiger partial charge is 0.381 e. The van der Waals surface area contributed by atoms with Gasteiger partial charge in [0.15, 0.2) is 0 Å². The highest BCUT2D eigenvalue weighted by molar-refractivity contribution is 9.09. The molecule has 80 valence electrons. The lowest BCUT2D eigenvalue weighted by Crippen LogP contribution is -2.00. The van der Waals surface area contributed by atoms with Gasteiger partial charge in [0.2, 0.25) is 0 Å².